The van der Waals surface area contributed by atoms with Crippen LogP contribution in [-0.2, 0) is 19.4 Å². The maximum absolute atomic E-state index is 12.2. The SMILES string of the molecule is CS(=O)(=O)c1cccc(OC(=O)CN2C(=O)CSc3ccccc32)c1. The number of fused-ring (bicyclic) bond motifs is 1. The molecule has 0 N–H and O–H groups in total. The Bertz CT molecular complexity index is 940. The van der Waals surface area contributed by atoms with E-state index >= 15 is 0 Å². The summed E-state index contributed by atoms with van der Waals surface area (Å²) in [6.45, 7) is -0.237. The van der Waals surface area contributed by atoms with E-state index in [-0.39, 0.29) is 28.8 Å². The lowest BCUT2D eigenvalue weighted by Gasteiger charge is -2.27. The number of carbonyl (C=O) groups excluding carboxylic acids is 2. The fourth-order valence-electron chi connectivity index (χ4n) is 2.39. The van der Waals surface area contributed by atoms with E-state index in [9.17, 15) is 18.0 Å². The molecule has 1 aliphatic heterocycles. The summed E-state index contributed by atoms with van der Waals surface area (Å²) in [7, 11) is -3.40. The number of amides is 1. The first-order valence-electron chi connectivity index (χ1n) is 7.37. The van der Waals surface area contributed by atoms with Gasteiger partial charge in [-0.05, 0) is 30.3 Å². The van der Waals surface area contributed by atoms with Crippen molar-refractivity contribution in [1.82, 2.24) is 0 Å². The van der Waals surface area contributed by atoms with Crippen molar-refractivity contribution in [3.05, 3.63) is 48.5 Å². The fraction of sp³-hybridized carbons (Fsp3) is 0.176. The lowest BCUT2D eigenvalue weighted by Crippen LogP contribution is -2.40. The molecule has 1 aliphatic rings. The fourth-order valence-corrected chi connectivity index (χ4v) is 3.98. The zero-order chi connectivity index (χ0) is 18.0. The number of rotatable bonds is 4. The summed E-state index contributed by atoms with van der Waals surface area (Å²) in [5, 5.41) is 0. The summed E-state index contributed by atoms with van der Waals surface area (Å²) >= 11 is 1.43. The third-order valence-corrected chi connectivity index (χ3v) is 5.72. The van der Waals surface area contributed by atoms with E-state index in [0.29, 0.717) is 5.69 Å². The Morgan fingerprint density at radius 2 is 1.96 bits per heavy atom. The van der Waals surface area contributed by atoms with Crippen LogP contribution in [0.25, 0.3) is 0 Å². The Balaban J connectivity index is 1.76. The van der Waals surface area contributed by atoms with Crippen molar-refractivity contribution in [2.24, 2.45) is 0 Å². The molecule has 0 unspecified atom stereocenters. The second kappa shape index (κ2) is 6.89. The van der Waals surface area contributed by atoms with E-state index in [1.807, 2.05) is 12.1 Å². The molecular formula is C17H15NO5S2. The van der Waals surface area contributed by atoms with Crippen molar-refractivity contribution in [1.29, 1.82) is 0 Å². The first-order chi connectivity index (χ1) is 11.8. The van der Waals surface area contributed by atoms with Gasteiger partial charge in [-0.2, -0.15) is 0 Å². The molecule has 0 bridgehead atoms. The average Bonchev–Trinajstić information content (AvgIpc) is 2.57. The van der Waals surface area contributed by atoms with Gasteiger partial charge in [-0.25, -0.2) is 13.2 Å². The predicted molar refractivity (Wildman–Crippen MR) is 94.7 cm³/mol. The number of thioether (sulfide) groups is 1. The summed E-state index contributed by atoms with van der Waals surface area (Å²) in [5.74, 6) is -0.431. The molecule has 3 rings (SSSR count). The highest BCUT2D eigenvalue weighted by Crippen LogP contribution is 2.34. The van der Waals surface area contributed by atoms with Crippen molar-refractivity contribution in [2.75, 3.05) is 23.5 Å². The van der Waals surface area contributed by atoms with E-state index in [1.54, 1.807) is 12.1 Å². The molecule has 0 saturated heterocycles. The van der Waals surface area contributed by atoms with Crippen LogP contribution < -0.4 is 9.64 Å². The normalized spacial score (nSPS) is 14.1. The number of hydrogen-bond donors (Lipinski definition) is 0. The summed E-state index contributed by atoms with van der Waals surface area (Å²) < 4.78 is 28.4. The minimum Gasteiger partial charge on any atom is -0.425 e. The highest BCUT2D eigenvalue weighted by atomic mass is 32.2. The number of ether oxygens (including phenoxy) is 1. The van der Waals surface area contributed by atoms with Crippen molar-refractivity contribution >= 4 is 39.2 Å². The summed E-state index contributed by atoms with van der Waals surface area (Å²) in [6, 6.07) is 13.0. The molecule has 0 aromatic heterocycles. The molecule has 2 aromatic carbocycles. The van der Waals surface area contributed by atoms with Crippen LogP contribution in [0.4, 0.5) is 5.69 Å². The van der Waals surface area contributed by atoms with Crippen molar-refractivity contribution in [3.8, 4) is 5.75 Å². The van der Waals surface area contributed by atoms with Gasteiger partial charge in [0.05, 0.1) is 16.3 Å². The minimum atomic E-state index is -3.40. The molecule has 0 spiro atoms. The van der Waals surface area contributed by atoms with Gasteiger partial charge in [0.15, 0.2) is 9.84 Å². The molecule has 6 nitrogen and oxygen atoms in total. The summed E-state index contributed by atoms with van der Waals surface area (Å²) in [4.78, 5) is 26.7. The molecule has 1 heterocycles. The van der Waals surface area contributed by atoms with Crippen LogP contribution in [0.3, 0.4) is 0 Å². The van der Waals surface area contributed by atoms with Crippen molar-refractivity contribution in [2.45, 2.75) is 9.79 Å². The molecule has 8 heteroatoms. The number of esters is 1. The molecule has 0 saturated carbocycles. The molecule has 0 aliphatic carbocycles. The maximum Gasteiger partial charge on any atom is 0.331 e. The van der Waals surface area contributed by atoms with Gasteiger partial charge in [0.2, 0.25) is 5.91 Å². The van der Waals surface area contributed by atoms with E-state index in [1.165, 1.54) is 40.9 Å². The van der Waals surface area contributed by atoms with Crippen LogP contribution in [0.1, 0.15) is 0 Å². The van der Waals surface area contributed by atoms with Crippen LogP contribution in [0.15, 0.2) is 58.3 Å². The standard InChI is InChI=1S/C17H15NO5S2/c1-25(21,22)13-6-4-5-12(9-13)23-17(20)10-18-14-7-2-3-8-15(14)24-11-16(18)19/h2-9H,10-11H2,1H3. The van der Waals surface area contributed by atoms with Gasteiger partial charge in [0, 0.05) is 11.2 Å². The topological polar surface area (TPSA) is 80.8 Å². The second-order valence-electron chi connectivity index (χ2n) is 5.46. The first kappa shape index (κ1) is 17.5. The first-order valence-corrected chi connectivity index (χ1v) is 10.3. The van der Waals surface area contributed by atoms with Crippen molar-refractivity contribution < 1.29 is 22.7 Å². The van der Waals surface area contributed by atoms with E-state index in [2.05, 4.69) is 0 Å². The average molecular weight is 377 g/mol. The Morgan fingerprint density at radius 3 is 2.72 bits per heavy atom. The van der Waals surface area contributed by atoms with Crippen LogP contribution >= 0.6 is 11.8 Å². The molecule has 0 radical (unpaired) electrons. The molecule has 1 amide bonds. The quantitative estimate of drug-likeness (QED) is 0.600. The lowest BCUT2D eigenvalue weighted by atomic mass is 10.2. The van der Waals surface area contributed by atoms with Gasteiger partial charge in [-0.15, -0.1) is 11.8 Å². The third kappa shape index (κ3) is 4.02. The summed E-state index contributed by atoms with van der Waals surface area (Å²) in [5.41, 5.74) is 0.672. The van der Waals surface area contributed by atoms with E-state index in [0.717, 1.165) is 11.2 Å². The zero-order valence-electron chi connectivity index (χ0n) is 13.3. The van der Waals surface area contributed by atoms with Gasteiger partial charge in [-0.1, -0.05) is 18.2 Å². The Morgan fingerprint density at radius 1 is 1.20 bits per heavy atom. The van der Waals surface area contributed by atoms with Gasteiger partial charge in [-0.3, -0.25) is 9.69 Å². The number of sulfone groups is 1. The minimum absolute atomic E-state index is 0.0635. The largest absolute Gasteiger partial charge is 0.425 e. The highest BCUT2D eigenvalue weighted by molar-refractivity contribution is 8.00. The molecule has 2 aromatic rings. The molecule has 0 atom stereocenters. The molecule has 130 valence electrons. The number of anilines is 1. The highest BCUT2D eigenvalue weighted by Gasteiger charge is 2.27. The van der Waals surface area contributed by atoms with Gasteiger partial charge in [0.1, 0.15) is 12.3 Å². The number of nitrogens with zero attached hydrogens (tertiary/aromatic N) is 1. The van der Waals surface area contributed by atoms with Gasteiger partial charge < -0.3 is 4.74 Å². The third-order valence-electron chi connectivity index (χ3n) is 3.56. The van der Waals surface area contributed by atoms with Crippen LogP contribution in [-0.4, -0.2) is 38.8 Å². The summed E-state index contributed by atoms with van der Waals surface area (Å²) in [6.07, 6.45) is 1.08. The second-order valence-corrected chi connectivity index (χ2v) is 8.49. The van der Waals surface area contributed by atoms with E-state index < -0.39 is 15.8 Å². The molecule has 0 fully saturated rings. The van der Waals surface area contributed by atoms with Crippen LogP contribution in [0, 0.1) is 0 Å². The Labute approximate surface area is 149 Å². The van der Waals surface area contributed by atoms with Crippen LogP contribution in [0.2, 0.25) is 0 Å². The Hall–Kier alpha value is -2.32. The molecular weight excluding hydrogens is 362 g/mol. The smallest absolute Gasteiger partial charge is 0.331 e. The number of carbonyl (C=O) groups is 2. The maximum atomic E-state index is 12.2. The van der Waals surface area contributed by atoms with Gasteiger partial charge >= 0.3 is 5.97 Å². The predicted octanol–water partition coefficient (Wildman–Crippen LogP) is 2.13. The zero-order valence-corrected chi connectivity index (χ0v) is 15.0. The number of benzene rings is 2. The van der Waals surface area contributed by atoms with Crippen LogP contribution in [0.5, 0.6) is 5.75 Å². The monoisotopic (exact) mass is 377 g/mol. The number of hydrogen-bond acceptors (Lipinski definition) is 6. The molecule has 25 heavy (non-hydrogen) atoms. The Kier molecular flexibility index (Phi) is 4.82. The van der Waals surface area contributed by atoms with Gasteiger partial charge in [0.25, 0.3) is 0 Å². The lowest BCUT2D eigenvalue weighted by molar-refractivity contribution is -0.134. The van der Waals surface area contributed by atoms with Crippen molar-refractivity contribution in [3.63, 3.8) is 0 Å². The number of para-hydroxylation sites is 1. The van der Waals surface area contributed by atoms with E-state index in [4.69, 9.17) is 4.74 Å².